The monoisotopic (exact) mass is 290 g/mol. The van der Waals surface area contributed by atoms with Crippen LogP contribution in [0.15, 0.2) is 9.95 Å². The van der Waals surface area contributed by atoms with Crippen LogP contribution in [0.2, 0.25) is 0 Å². The molecule has 1 aromatic rings. The standard InChI is InChI=1S/C9H14N4O5S/c1-18-3-2-10-6(14)4-13-8(17)11-12-9(13)19-5-7(15)16/h2-5H2,1H3,(H,10,14)(H,11,17)(H,15,16). The molecular formula is C9H14N4O5S. The minimum atomic E-state index is -1.03. The van der Waals surface area contributed by atoms with Gasteiger partial charge in [-0.2, -0.15) is 0 Å². The molecule has 1 rings (SSSR count). The van der Waals surface area contributed by atoms with Gasteiger partial charge in [0.25, 0.3) is 0 Å². The number of hydrogen-bond donors (Lipinski definition) is 3. The van der Waals surface area contributed by atoms with E-state index in [1.54, 1.807) is 0 Å². The lowest BCUT2D eigenvalue weighted by Crippen LogP contribution is -2.33. The summed E-state index contributed by atoms with van der Waals surface area (Å²) in [4.78, 5) is 33.4. The van der Waals surface area contributed by atoms with Gasteiger partial charge in [-0.25, -0.2) is 9.89 Å². The lowest BCUT2D eigenvalue weighted by molar-refractivity contribution is -0.133. The predicted octanol–water partition coefficient (Wildman–Crippen LogP) is -1.49. The molecular weight excluding hydrogens is 276 g/mol. The van der Waals surface area contributed by atoms with Crippen molar-refractivity contribution in [2.75, 3.05) is 26.0 Å². The molecule has 19 heavy (non-hydrogen) atoms. The number of thioether (sulfide) groups is 1. The van der Waals surface area contributed by atoms with Gasteiger partial charge in [0.1, 0.15) is 6.54 Å². The van der Waals surface area contributed by atoms with Crippen LogP contribution in [0.4, 0.5) is 0 Å². The second-order valence-corrected chi connectivity index (χ2v) is 4.37. The Hall–Kier alpha value is -1.81. The first-order valence-electron chi connectivity index (χ1n) is 5.30. The van der Waals surface area contributed by atoms with E-state index in [1.165, 1.54) is 7.11 Å². The number of nitrogens with one attached hydrogen (secondary N) is 2. The molecule has 10 heteroatoms. The van der Waals surface area contributed by atoms with Crippen LogP contribution in [0.5, 0.6) is 0 Å². The van der Waals surface area contributed by atoms with Gasteiger partial charge in [0, 0.05) is 13.7 Å². The molecule has 0 spiro atoms. The quantitative estimate of drug-likeness (QED) is 0.393. The minimum absolute atomic E-state index is 0.161. The van der Waals surface area contributed by atoms with E-state index in [0.717, 1.165) is 16.3 Å². The Morgan fingerprint density at radius 1 is 1.58 bits per heavy atom. The van der Waals surface area contributed by atoms with E-state index in [-0.39, 0.29) is 23.4 Å². The van der Waals surface area contributed by atoms with Crippen molar-refractivity contribution >= 4 is 23.6 Å². The first kappa shape index (κ1) is 15.2. The molecule has 0 radical (unpaired) electrons. The van der Waals surface area contributed by atoms with Gasteiger partial charge < -0.3 is 15.2 Å². The summed E-state index contributed by atoms with van der Waals surface area (Å²) < 4.78 is 5.85. The Labute approximate surface area is 112 Å². The molecule has 0 unspecified atom stereocenters. The summed E-state index contributed by atoms with van der Waals surface area (Å²) in [7, 11) is 1.51. The highest BCUT2D eigenvalue weighted by Crippen LogP contribution is 2.12. The molecule has 0 aliphatic rings. The molecule has 0 atom stereocenters. The lowest BCUT2D eigenvalue weighted by atomic mass is 10.5. The van der Waals surface area contributed by atoms with Gasteiger partial charge in [-0.3, -0.25) is 14.2 Å². The summed E-state index contributed by atoms with van der Waals surface area (Å²) in [5.74, 6) is -1.65. The number of ether oxygens (including phenoxy) is 1. The maximum Gasteiger partial charge on any atom is 0.344 e. The zero-order chi connectivity index (χ0) is 14.3. The van der Waals surface area contributed by atoms with Crippen molar-refractivity contribution in [2.45, 2.75) is 11.7 Å². The summed E-state index contributed by atoms with van der Waals surface area (Å²) in [6.45, 7) is 0.479. The van der Waals surface area contributed by atoms with E-state index in [4.69, 9.17) is 9.84 Å². The predicted molar refractivity (Wildman–Crippen MR) is 66.1 cm³/mol. The second-order valence-electron chi connectivity index (χ2n) is 3.42. The number of amides is 1. The number of aliphatic carboxylic acids is 1. The van der Waals surface area contributed by atoms with Crippen LogP contribution in [0.25, 0.3) is 0 Å². The molecule has 1 heterocycles. The Morgan fingerprint density at radius 3 is 2.95 bits per heavy atom. The van der Waals surface area contributed by atoms with Crippen LogP contribution in [0.1, 0.15) is 0 Å². The summed E-state index contributed by atoms with van der Waals surface area (Å²) >= 11 is 0.863. The maximum atomic E-state index is 11.5. The number of aromatic nitrogens is 3. The van der Waals surface area contributed by atoms with Crippen molar-refractivity contribution in [1.29, 1.82) is 0 Å². The first-order valence-corrected chi connectivity index (χ1v) is 6.28. The fourth-order valence-electron chi connectivity index (χ4n) is 1.17. The smallest absolute Gasteiger partial charge is 0.344 e. The third-order valence-electron chi connectivity index (χ3n) is 1.98. The Kier molecular flexibility index (Phi) is 6.09. The fraction of sp³-hybridized carbons (Fsp3) is 0.556. The van der Waals surface area contributed by atoms with E-state index in [9.17, 15) is 14.4 Å². The maximum absolute atomic E-state index is 11.5. The molecule has 0 aliphatic heterocycles. The largest absolute Gasteiger partial charge is 0.481 e. The molecule has 0 aliphatic carbocycles. The summed E-state index contributed by atoms with van der Waals surface area (Å²) in [6.07, 6.45) is 0. The number of hydrogen-bond acceptors (Lipinski definition) is 6. The van der Waals surface area contributed by atoms with Crippen LogP contribution in [0.3, 0.4) is 0 Å². The fourth-order valence-corrected chi connectivity index (χ4v) is 1.84. The van der Waals surface area contributed by atoms with Crippen LogP contribution in [0, 0.1) is 0 Å². The van der Waals surface area contributed by atoms with E-state index >= 15 is 0 Å². The molecule has 1 amide bonds. The van der Waals surface area contributed by atoms with Gasteiger partial charge >= 0.3 is 11.7 Å². The molecule has 0 bridgehead atoms. The van der Waals surface area contributed by atoms with Crippen molar-refractivity contribution < 1.29 is 19.4 Å². The third-order valence-corrected chi connectivity index (χ3v) is 2.94. The summed E-state index contributed by atoms with van der Waals surface area (Å²) in [5, 5.41) is 17.1. The molecule has 0 fully saturated rings. The van der Waals surface area contributed by atoms with Crippen molar-refractivity contribution in [2.24, 2.45) is 0 Å². The van der Waals surface area contributed by atoms with Gasteiger partial charge in [-0.15, -0.1) is 5.10 Å². The highest BCUT2D eigenvalue weighted by atomic mass is 32.2. The van der Waals surface area contributed by atoms with Crippen LogP contribution < -0.4 is 11.0 Å². The van der Waals surface area contributed by atoms with Crippen molar-refractivity contribution in [3.8, 4) is 0 Å². The molecule has 0 saturated heterocycles. The van der Waals surface area contributed by atoms with Gasteiger partial charge in [-0.05, 0) is 0 Å². The van der Waals surface area contributed by atoms with E-state index in [0.29, 0.717) is 13.2 Å². The van der Waals surface area contributed by atoms with Crippen LogP contribution in [-0.4, -0.2) is 57.8 Å². The topological polar surface area (TPSA) is 126 Å². The van der Waals surface area contributed by atoms with Gasteiger partial charge in [0.15, 0.2) is 5.16 Å². The van der Waals surface area contributed by atoms with E-state index < -0.39 is 11.7 Å². The summed E-state index contributed by atoms with van der Waals surface area (Å²) in [6, 6.07) is 0. The number of carboxylic acid groups (broad SMARTS) is 1. The number of aromatic amines is 1. The normalized spacial score (nSPS) is 10.4. The van der Waals surface area contributed by atoms with Crippen molar-refractivity contribution in [3.05, 3.63) is 10.5 Å². The number of carboxylic acids is 1. The zero-order valence-electron chi connectivity index (χ0n) is 10.2. The average molecular weight is 290 g/mol. The number of carbonyl (C=O) groups is 2. The van der Waals surface area contributed by atoms with Crippen LogP contribution in [-0.2, 0) is 20.9 Å². The van der Waals surface area contributed by atoms with Gasteiger partial charge in [-0.1, -0.05) is 11.8 Å². The Morgan fingerprint density at radius 2 is 2.32 bits per heavy atom. The number of H-pyrrole nitrogens is 1. The van der Waals surface area contributed by atoms with Gasteiger partial charge in [0.05, 0.1) is 12.4 Å². The van der Waals surface area contributed by atoms with Crippen LogP contribution >= 0.6 is 11.8 Å². The lowest BCUT2D eigenvalue weighted by Gasteiger charge is -2.06. The molecule has 0 saturated carbocycles. The SMILES string of the molecule is COCCNC(=O)Cn1c(SCC(=O)O)n[nH]c1=O. The summed E-state index contributed by atoms with van der Waals surface area (Å²) in [5.41, 5.74) is -0.560. The molecule has 106 valence electrons. The molecule has 1 aromatic heterocycles. The number of carbonyl (C=O) groups excluding carboxylic acids is 1. The van der Waals surface area contributed by atoms with Crippen molar-refractivity contribution in [1.82, 2.24) is 20.1 Å². The molecule has 0 aromatic carbocycles. The number of methoxy groups -OCH3 is 1. The molecule has 9 nitrogen and oxygen atoms in total. The minimum Gasteiger partial charge on any atom is -0.481 e. The third kappa shape index (κ3) is 5.14. The van der Waals surface area contributed by atoms with Crippen molar-refractivity contribution in [3.63, 3.8) is 0 Å². The van der Waals surface area contributed by atoms with E-state index in [2.05, 4.69) is 15.5 Å². The Bertz CT molecular complexity index is 497. The second kappa shape index (κ2) is 7.59. The average Bonchev–Trinajstić information content (AvgIpc) is 2.69. The first-order chi connectivity index (χ1) is 9.04. The van der Waals surface area contributed by atoms with E-state index in [1.807, 2.05) is 0 Å². The zero-order valence-corrected chi connectivity index (χ0v) is 11.0. The molecule has 3 N–H and O–H groups in total. The highest BCUT2D eigenvalue weighted by Gasteiger charge is 2.13. The van der Waals surface area contributed by atoms with Gasteiger partial charge in [0.2, 0.25) is 5.91 Å². The number of rotatable bonds is 8. The Balaban J connectivity index is 2.61. The highest BCUT2D eigenvalue weighted by molar-refractivity contribution is 7.99. The number of nitrogens with zero attached hydrogens (tertiary/aromatic N) is 2.